The maximum atomic E-state index is 13.4. The van der Waals surface area contributed by atoms with Crippen molar-refractivity contribution in [3.05, 3.63) is 58.8 Å². The summed E-state index contributed by atoms with van der Waals surface area (Å²) < 4.78 is 7.26. The smallest absolute Gasteiger partial charge is 0.267 e. The Kier molecular flexibility index (Phi) is 6.69. The fourth-order valence-electron chi connectivity index (χ4n) is 3.82. The van der Waals surface area contributed by atoms with E-state index in [0.29, 0.717) is 29.4 Å². The van der Waals surface area contributed by atoms with Crippen LogP contribution in [0.2, 0.25) is 0 Å². The lowest BCUT2D eigenvalue weighted by Crippen LogP contribution is -2.33. The molecule has 1 aliphatic rings. The van der Waals surface area contributed by atoms with Crippen molar-refractivity contribution >= 4 is 22.8 Å². The largest absolute Gasteiger partial charge is 0.494 e. The molecule has 0 spiro atoms. The van der Waals surface area contributed by atoms with Crippen molar-refractivity contribution in [3.8, 4) is 11.4 Å². The second kappa shape index (κ2) is 9.62. The summed E-state index contributed by atoms with van der Waals surface area (Å²) in [6, 6.07) is 11.1. The quantitative estimate of drug-likeness (QED) is 0.619. The van der Waals surface area contributed by atoms with Gasteiger partial charge in [0.05, 0.1) is 23.7 Å². The van der Waals surface area contributed by atoms with Crippen LogP contribution in [-0.4, -0.2) is 39.2 Å². The van der Waals surface area contributed by atoms with Crippen molar-refractivity contribution in [2.24, 2.45) is 5.92 Å². The highest BCUT2D eigenvalue weighted by atomic mass is 32.2. The van der Waals surface area contributed by atoms with Gasteiger partial charge >= 0.3 is 0 Å². The minimum atomic E-state index is -0.102. The Bertz CT molecular complexity index is 1050. The van der Waals surface area contributed by atoms with E-state index < -0.39 is 0 Å². The van der Waals surface area contributed by atoms with Crippen LogP contribution >= 0.6 is 11.8 Å². The Morgan fingerprint density at radius 3 is 2.73 bits per heavy atom. The average Bonchev–Trinajstić information content (AvgIpc) is 2.79. The van der Waals surface area contributed by atoms with E-state index in [4.69, 9.17) is 9.72 Å². The lowest BCUT2D eigenvalue weighted by molar-refractivity contribution is 0.340. The highest BCUT2D eigenvalue weighted by Crippen LogP contribution is 2.24. The van der Waals surface area contributed by atoms with E-state index in [1.807, 2.05) is 43.0 Å². The van der Waals surface area contributed by atoms with Gasteiger partial charge in [0.25, 0.3) is 5.56 Å². The van der Waals surface area contributed by atoms with Gasteiger partial charge in [0, 0.05) is 6.20 Å². The average molecular weight is 425 g/mol. The maximum Gasteiger partial charge on any atom is 0.267 e. The molecule has 1 aliphatic heterocycles. The Balaban J connectivity index is 1.71. The van der Waals surface area contributed by atoms with Crippen LogP contribution in [0.25, 0.3) is 16.7 Å². The standard InChI is InChI=1S/C23H28N4O2S/c1-3-29-19-8-6-18(7-9-19)27-22(16(2)25-15-17-10-13-30-14-11-17)26-21-20(23(27)28)5-4-12-24-21/h4-9,12,16-17,25H,3,10-11,13-15H2,1-2H3/t16-/m1/s1. The third kappa shape index (κ3) is 4.52. The number of fused-ring (bicyclic) bond motifs is 1. The number of benzene rings is 1. The molecule has 0 saturated carbocycles. The Morgan fingerprint density at radius 2 is 2.00 bits per heavy atom. The highest BCUT2D eigenvalue weighted by molar-refractivity contribution is 7.99. The molecule has 158 valence electrons. The number of hydrogen-bond acceptors (Lipinski definition) is 6. The molecule has 4 rings (SSSR count). The van der Waals surface area contributed by atoms with Crippen LogP contribution in [0, 0.1) is 5.92 Å². The molecule has 0 radical (unpaired) electrons. The minimum absolute atomic E-state index is 0.0785. The molecule has 1 atom stereocenters. The van der Waals surface area contributed by atoms with Gasteiger partial charge in [0.2, 0.25) is 0 Å². The zero-order valence-corrected chi connectivity index (χ0v) is 18.3. The van der Waals surface area contributed by atoms with Crippen LogP contribution < -0.4 is 15.6 Å². The fraction of sp³-hybridized carbons (Fsp3) is 0.435. The van der Waals surface area contributed by atoms with Gasteiger partial charge in [-0.1, -0.05) is 0 Å². The first-order valence-corrected chi connectivity index (χ1v) is 11.7. The Morgan fingerprint density at radius 1 is 1.23 bits per heavy atom. The van der Waals surface area contributed by atoms with Crippen molar-refractivity contribution in [1.82, 2.24) is 19.9 Å². The van der Waals surface area contributed by atoms with Crippen LogP contribution in [0.1, 0.15) is 38.6 Å². The summed E-state index contributed by atoms with van der Waals surface area (Å²) in [5.41, 5.74) is 1.16. The molecule has 0 amide bonds. The van der Waals surface area contributed by atoms with E-state index >= 15 is 0 Å². The highest BCUT2D eigenvalue weighted by Gasteiger charge is 2.20. The second-order valence-electron chi connectivity index (χ2n) is 7.60. The zero-order valence-electron chi connectivity index (χ0n) is 17.5. The minimum Gasteiger partial charge on any atom is -0.494 e. The van der Waals surface area contributed by atoms with E-state index in [-0.39, 0.29) is 11.6 Å². The Hall–Kier alpha value is -2.38. The summed E-state index contributed by atoms with van der Waals surface area (Å²) in [5.74, 6) is 4.61. The van der Waals surface area contributed by atoms with Gasteiger partial charge in [-0.2, -0.15) is 11.8 Å². The number of rotatable bonds is 7. The van der Waals surface area contributed by atoms with Crippen LogP contribution in [-0.2, 0) is 0 Å². The summed E-state index contributed by atoms with van der Waals surface area (Å²) in [4.78, 5) is 22.5. The van der Waals surface area contributed by atoms with E-state index in [1.165, 1.54) is 24.3 Å². The number of nitrogens with zero attached hydrogens (tertiary/aromatic N) is 3. The molecule has 6 nitrogen and oxygen atoms in total. The number of nitrogens with one attached hydrogen (secondary N) is 1. The molecule has 0 unspecified atom stereocenters. The first kappa shape index (κ1) is 20.9. The van der Waals surface area contributed by atoms with Crippen LogP contribution in [0.3, 0.4) is 0 Å². The fourth-order valence-corrected chi connectivity index (χ4v) is 5.02. The van der Waals surface area contributed by atoms with E-state index in [0.717, 1.165) is 18.0 Å². The van der Waals surface area contributed by atoms with Gasteiger partial charge in [-0.05, 0) is 87.1 Å². The first-order chi connectivity index (χ1) is 14.7. The number of thioether (sulfide) groups is 1. The summed E-state index contributed by atoms with van der Waals surface area (Å²) in [7, 11) is 0. The van der Waals surface area contributed by atoms with Crippen LogP contribution in [0.15, 0.2) is 47.4 Å². The lowest BCUT2D eigenvalue weighted by atomic mass is 10.0. The number of ether oxygens (including phenoxy) is 1. The molecule has 7 heteroatoms. The van der Waals surface area contributed by atoms with Crippen LogP contribution in [0.4, 0.5) is 0 Å². The number of hydrogen-bond donors (Lipinski definition) is 1. The molecule has 30 heavy (non-hydrogen) atoms. The van der Waals surface area contributed by atoms with Crippen molar-refractivity contribution in [2.45, 2.75) is 32.7 Å². The maximum absolute atomic E-state index is 13.4. The normalized spacial score (nSPS) is 15.9. The first-order valence-electron chi connectivity index (χ1n) is 10.6. The van der Waals surface area contributed by atoms with Crippen molar-refractivity contribution in [1.29, 1.82) is 0 Å². The van der Waals surface area contributed by atoms with Gasteiger partial charge in [-0.15, -0.1) is 0 Å². The third-order valence-electron chi connectivity index (χ3n) is 5.52. The number of aromatic nitrogens is 3. The van der Waals surface area contributed by atoms with E-state index in [9.17, 15) is 4.79 Å². The summed E-state index contributed by atoms with van der Waals surface area (Å²) in [6.07, 6.45) is 4.16. The molecule has 1 aromatic carbocycles. The molecule has 3 heterocycles. The second-order valence-corrected chi connectivity index (χ2v) is 8.82. The van der Waals surface area contributed by atoms with Gasteiger partial charge in [0.1, 0.15) is 11.6 Å². The predicted molar refractivity (Wildman–Crippen MR) is 123 cm³/mol. The van der Waals surface area contributed by atoms with Gasteiger partial charge in [-0.3, -0.25) is 9.36 Å². The van der Waals surface area contributed by atoms with Gasteiger partial charge < -0.3 is 10.1 Å². The van der Waals surface area contributed by atoms with Crippen LogP contribution in [0.5, 0.6) is 5.75 Å². The van der Waals surface area contributed by atoms with E-state index in [2.05, 4.69) is 17.2 Å². The molecule has 2 aromatic heterocycles. The Labute approximate surface area is 181 Å². The third-order valence-corrected chi connectivity index (χ3v) is 6.57. The molecule has 0 bridgehead atoms. The SMILES string of the molecule is CCOc1ccc(-n2c([C@@H](C)NCC3CCSCC3)nc3ncccc3c2=O)cc1. The molecule has 1 saturated heterocycles. The lowest BCUT2D eigenvalue weighted by Gasteiger charge is -2.25. The summed E-state index contributed by atoms with van der Waals surface area (Å²) in [5, 5.41) is 4.14. The molecule has 0 aliphatic carbocycles. The molecule has 1 N–H and O–H groups in total. The van der Waals surface area contributed by atoms with Crippen molar-refractivity contribution in [3.63, 3.8) is 0 Å². The van der Waals surface area contributed by atoms with Crippen molar-refractivity contribution < 1.29 is 4.74 Å². The van der Waals surface area contributed by atoms with Gasteiger partial charge in [-0.25, -0.2) is 9.97 Å². The monoisotopic (exact) mass is 424 g/mol. The van der Waals surface area contributed by atoms with E-state index in [1.54, 1.807) is 22.9 Å². The van der Waals surface area contributed by atoms with Crippen molar-refractivity contribution in [2.75, 3.05) is 24.7 Å². The van der Waals surface area contributed by atoms with Gasteiger partial charge in [0.15, 0.2) is 5.65 Å². The molecular weight excluding hydrogens is 396 g/mol. The topological polar surface area (TPSA) is 69.0 Å². The molecular formula is C23H28N4O2S. The molecule has 1 fully saturated rings. The molecule has 3 aromatic rings. The summed E-state index contributed by atoms with van der Waals surface area (Å²) >= 11 is 2.03. The number of pyridine rings is 1. The predicted octanol–water partition coefficient (Wildman–Crippen LogP) is 3.97. The summed E-state index contributed by atoms with van der Waals surface area (Å²) in [6.45, 7) is 5.56. The zero-order chi connectivity index (χ0) is 20.9.